The third-order valence-corrected chi connectivity index (χ3v) is 2.74. The topological polar surface area (TPSA) is 29.5 Å². The number of phenols is 1. The third kappa shape index (κ3) is 2.98. The van der Waals surface area contributed by atoms with Crippen molar-refractivity contribution in [2.75, 3.05) is 6.86 Å². The summed E-state index contributed by atoms with van der Waals surface area (Å²) in [5, 5.41) is 9.65. The molecule has 2 nitrogen and oxygen atoms in total. The van der Waals surface area contributed by atoms with E-state index in [0.717, 1.165) is 6.07 Å². The minimum atomic E-state index is -1.21. The molecule has 0 bridgehead atoms. The molecule has 0 aliphatic rings. The van der Waals surface area contributed by atoms with Crippen LogP contribution in [-0.2, 0) is 6.42 Å². The third-order valence-electron chi connectivity index (χ3n) is 2.74. The molecule has 0 fully saturated rings. The minimum absolute atomic E-state index is 0.0108. The molecule has 0 aliphatic heterocycles. The van der Waals surface area contributed by atoms with E-state index in [4.69, 9.17) is 0 Å². The molecule has 0 aliphatic carbocycles. The van der Waals surface area contributed by atoms with Crippen LogP contribution in [0.25, 0.3) is 10.8 Å². The smallest absolute Gasteiger partial charge is 0.228 e. The highest BCUT2D eigenvalue weighted by Crippen LogP contribution is 2.36. The first-order valence-corrected chi connectivity index (χ1v) is 6.40. The van der Waals surface area contributed by atoms with E-state index in [1.165, 1.54) is 6.07 Å². The fraction of sp³-hybridized carbons (Fsp3) is 0.333. The molecule has 5 heteroatoms. The summed E-state index contributed by atoms with van der Waals surface area (Å²) in [4.78, 5) is 0. The van der Waals surface area contributed by atoms with Gasteiger partial charge in [-0.05, 0) is 24.1 Å². The number of phenolic OH excluding ortho intramolecular Hbond substituents is 1. The molecule has 2 aromatic carbocycles. The fourth-order valence-electron chi connectivity index (χ4n) is 1.99. The van der Waals surface area contributed by atoms with E-state index in [2.05, 4.69) is 4.74 Å². The van der Waals surface area contributed by atoms with Gasteiger partial charge in [0.05, 0.1) is 0 Å². The Morgan fingerprint density at radius 3 is 2.30 bits per heavy atom. The fourth-order valence-corrected chi connectivity index (χ4v) is 1.99. The van der Waals surface area contributed by atoms with Crippen LogP contribution >= 0.6 is 0 Å². The number of halogens is 3. The molecule has 0 saturated carbocycles. The van der Waals surface area contributed by atoms with Gasteiger partial charge in [-0.15, -0.1) is 0 Å². The van der Waals surface area contributed by atoms with Crippen molar-refractivity contribution in [3.8, 4) is 11.5 Å². The molecule has 0 amide bonds. The summed E-state index contributed by atoms with van der Waals surface area (Å²) in [6.07, 6.45) is 0.427. The highest BCUT2D eigenvalue weighted by Gasteiger charge is 2.17. The van der Waals surface area contributed by atoms with Crippen LogP contribution in [0.1, 0.15) is 26.3 Å². The lowest BCUT2D eigenvalue weighted by molar-refractivity contribution is 0.186. The minimum Gasteiger partial charge on any atom is -0.508 e. The number of hydrogen-bond acceptors (Lipinski definition) is 2. The van der Waals surface area contributed by atoms with Gasteiger partial charge in [0.25, 0.3) is 0 Å². The maximum Gasteiger partial charge on any atom is 0.228 e. The SMILES string of the molecule is CC.CCc1cc(O)cc2c(F)cc(F)c(OCF)c12. The van der Waals surface area contributed by atoms with Gasteiger partial charge < -0.3 is 9.84 Å². The number of fused-ring (bicyclic) bond motifs is 1. The Hall–Kier alpha value is -1.91. The summed E-state index contributed by atoms with van der Waals surface area (Å²) in [7, 11) is 0. The van der Waals surface area contributed by atoms with Crippen molar-refractivity contribution in [2.24, 2.45) is 0 Å². The Labute approximate surface area is 115 Å². The lowest BCUT2D eigenvalue weighted by Crippen LogP contribution is -1.99. The van der Waals surface area contributed by atoms with Crippen LogP contribution in [0.15, 0.2) is 18.2 Å². The van der Waals surface area contributed by atoms with Crippen LogP contribution in [0.3, 0.4) is 0 Å². The van der Waals surface area contributed by atoms with Gasteiger partial charge in [-0.3, -0.25) is 0 Å². The molecule has 0 heterocycles. The quantitative estimate of drug-likeness (QED) is 0.884. The van der Waals surface area contributed by atoms with Crippen molar-refractivity contribution >= 4 is 10.8 Å². The van der Waals surface area contributed by atoms with Crippen LogP contribution in [0, 0.1) is 11.6 Å². The van der Waals surface area contributed by atoms with Crippen molar-refractivity contribution in [1.82, 2.24) is 0 Å². The maximum absolute atomic E-state index is 13.7. The zero-order chi connectivity index (χ0) is 15.3. The monoisotopic (exact) mass is 286 g/mol. The van der Waals surface area contributed by atoms with Crippen molar-refractivity contribution in [1.29, 1.82) is 0 Å². The first-order valence-electron chi connectivity index (χ1n) is 6.40. The molecule has 0 atom stereocenters. The van der Waals surface area contributed by atoms with E-state index in [9.17, 15) is 18.3 Å². The summed E-state index contributed by atoms with van der Waals surface area (Å²) in [5.74, 6) is -2.24. The predicted molar refractivity (Wildman–Crippen MR) is 72.9 cm³/mol. The Balaban J connectivity index is 0.000000956. The second kappa shape index (κ2) is 7.03. The number of aromatic hydroxyl groups is 1. The van der Waals surface area contributed by atoms with Crippen molar-refractivity contribution < 1.29 is 23.0 Å². The number of aryl methyl sites for hydroxylation is 1. The number of benzene rings is 2. The molecular formula is C15H17F3O2. The van der Waals surface area contributed by atoms with Crippen LogP contribution in [0.2, 0.25) is 0 Å². The zero-order valence-corrected chi connectivity index (χ0v) is 11.6. The Bertz CT molecular complexity index is 597. The van der Waals surface area contributed by atoms with Crippen molar-refractivity contribution in [3.05, 3.63) is 35.4 Å². The van der Waals surface area contributed by atoms with E-state index in [1.54, 1.807) is 6.92 Å². The summed E-state index contributed by atoms with van der Waals surface area (Å²) >= 11 is 0. The van der Waals surface area contributed by atoms with Crippen LogP contribution in [0.5, 0.6) is 11.5 Å². The molecule has 0 unspecified atom stereocenters. The largest absolute Gasteiger partial charge is 0.508 e. The van der Waals surface area contributed by atoms with E-state index in [1.807, 2.05) is 13.8 Å². The van der Waals surface area contributed by atoms with Gasteiger partial charge in [0.15, 0.2) is 11.6 Å². The summed E-state index contributed by atoms with van der Waals surface area (Å²) in [6, 6.07) is 3.16. The lowest BCUT2D eigenvalue weighted by atomic mass is 10.0. The van der Waals surface area contributed by atoms with Gasteiger partial charge in [-0.1, -0.05) is 20.8 Å². The van der Waals surface area contributed by atoms with E-state index in [0.29, 0.717) is 18.1 Å². The van der Waals surface area contributed by atoms with E-state index < -0.39 is 18.5 Å². The molecule has 2 aromatic rings. The predicted octanol–water partition coefficient (Wildman–Crippen LogP) is 4.72. The lowest BCUT2D eigenvalue weighted by Gasteiger charge is -2.12. The van der Waals surface area contributed by atoms with E-state index >= 15 is 0 Å². The zero-order valence-electron chi connectivity index (χ0n) is 11.6. The normalized spacial score (nSPS) is 10.1. The first-order chi connectivity index (χ1) is 9.58. The molecule has 20 heavy (non-hydrogen) atoms. The number of ether oxygens (including phenoxy) is 1. The molecule has 0 aromatic heterocycles. The summed E-state index contributed by atoms with van der Waals surface area (Å²) in [5.41, 5.74) is 0.492. The average Bonchev–Trinajstić information content (AvgIpc) is 2.45. The van der Waals surface area contributed by atoms with Gasteiger partial charge in [0.2, 0.25) is 6.86 Å². The number of rotatable bonds is 3. The van der Waals surface area contributed by atoms with E-state index in [-0.39, 0.29) is 22.3 Å². The first kappa shape index (κ1) is 16.1. The van der Waals surface area contributed by atoms with Crippen LogP contribution in [-0.4, -0.2) is 12.0 Å². The summed E-state index contributed by atoms with van der Waals surface area (Å²) in [6.45, 7) is 4.55. The molecule has 2 rings (SSSR count). The molecule has 0 radical (unpaired) electrons. The van der Waals surface area contributed by atoms with Gasteiger partial charge in [0.1, 0.15) is 11.6 Å². The Morgan fingerprint density at radius 1 is 1.10 bits per heavy atom. The van der Waals surface area contributed by atoms with Crippen LogP contribution in [0.4, 0.5) is 13.2 Å². The molecular weight excluding hydrogens is 269 g/mol. The Kier molecular flexibility index (Phi) is 5.67. The average molecular weight is 286 g/mol. The second-order valence-corrected chi connectivity index (χ2v) is 3.80. The highest BCUT2D eigenvalue weighted by atomic mass is 19.1. The molecule has 1 N–H and O–H groups in total. The van der Waals surface area contributed by atoms with Gasteiger partial charge in [0, 0.05) is 16.8 Å². The van der Waals surface area contributed by atoms with Gasteiger partial charge >= 0.3 is 0 Å². The van der Waals surface area contributed by atoms with Crippen LogP contribution < -0.4 is 4.74 Å². The highest BCUT2D eigenvalue weighted by molar-refractivity contribution is 5.93. The van der Waals surface area contributed by atoms with Crippen molar-refractivity contribution in [3.63, 3.8) is 0 Å². The second-order valence-electron chi connectivity index (χ2n) is 3.80. The maximum atomic E-state index is 13.7. The number of alkyl halides is 1. The molecule has 0 spiro atoms. The number of hydrogen-bond donors (Lipinski definition) is 1. The Morgan fingerprint density at radius 2 is 1.75 bits per heavy atom. The van der Waals surface area contributed by atoms with Gasteiger partial charge in [-0.2, -0.15) is 0 Å². The molecule has 110 valence electrons. The standard InChI is InChI=1S/C13H11F3O2.C2H6/c1-2-7-3-8(17)4-9-10(15)5-11(16)13(12(7)9)18-6-14;1-2/h3-5,17H,2,6H2,1H3;1-2H3. The van der Waals surface area contributed by atoms with Crippen molar-refractivity contribution in [2.45, 2.75) is 27.2 Å². The molecule has 0 saturated heterocycles. The summed E-state index contributed by atoms with van der Waals surface area (Å²) < 4.78 is 44.1. The van der Waals surface area contributed by atoms with Gasteiger partial charge in [-0.25, -0.2) is 13.2 Å².